The van der Waals surface area contributed by atoms with Crippen molar-refractivity contribution in [1.29, 1.82) is 0 Å². The van der Waals surface area contributed by atoms with Crippen molar-refractivity contribution in [3.8, 4) is 11.4 Å². The molecule has 6 heteroatoms. The van der Waals surface area contributed by atoms with E-state index in [1.807, 2.05) is 68.1 Å². The Morgan fingerprint density at radius 3 is 2.44 bits per heavy atom. The summed E-state index contributed by atoms with van der Waals surface area (Å²) in [5, 5.41) is 7.74. The second kappa shape index (κ2) is 9.49. The van der Waals surface area contributed by atoms with Gasteiger partial charge < -0.3 is 20.0 Å². The van der Waals surface area contributed by atoms with Gasteiger partial charge >= 0.3 is 20.1 Å². The maximum Gasteiger partial charge on any atom is 3.00 e. The van der Waals surface area contributed by atoms with Gasteiger partial charge in [-0.2, -0.15) is 30.4 Å². The van der Waals surface area contributed by atoms with Crippen LogP contribution in [0.3, 0.4) is 0 Å². The number of benzene rings is 1. The van der Waals surface area contributed by atoms with Crippen LogP contribution in [0, 0.1) is 33.5 Å². The molecule has 1 aliphatic rings. The zero-order valence-electron chi connectivity index (χ0n) is 15.8. The zero-order chi connectivity index (χ0) is 18.5. The number of rotatable bonds is 2. The molecule has 1 aromatic carbocycles. The van der Waals surface area contributed by atoms with Gasteiger partial charge in [-0.1, -0.05) is 24.8 Å². The molecule has 0 bridgehead atoms. The maximum absolute atomic E-state index is 4.32. The van der Waals surface area contributed by atoms with Gasteiger partial charge in [-0.25, -0.2) is 0 Å². The Labute approximate surface area is 174 Å². The predicted molar refractivity (Wildman–Crippen MR) is 104 cm³/mol. The van der Waals surface area contributed by atoms with Crippen molar-refractivity contribution >= 4 is 5.69 Å². The van der Waals surface area contributed by atoms with Crippen LogP contribution in [-0.2, 0) is 20.1 Å². The van der Waals surface area contributed by atoms with Crippen LogP contribution >= 0.6 is 0 Å². The Kier molecular flexibility index (Phi) is 7.34. The monoisotopic (exact) mass is 537 g/mol. The molecule has 0 saturated heterocycles. The summed E-state index contributed by atoms with van der Waals surface area (Å²) >= 11 is 0. The molecule has 0 aliphatic carbocycles. The molecular weight excluding hydrogens is 514 g/mol. The normalized spacial score (nSPS) is 12.4. The number of anilines is 1. The standard InChI is InChI=1S/C11H12N2.C10H10N3.Ir/c1-10-3-5-11(6-4-10)13-8-7-12(2)9-13;1-7-5-8(2)10(11-6-7)9-3-4-12-13-9;/h3-5,7-9H,1-2H3;3-6H,1-2H3;/q-2;-1;+3. The van der Waals surface area contributed by atoms with Crippen molar-refractivity contribution in [3.63, 3.8) is 0 Å². The Hall–Kier alpha value is -2.43. The minimum atomic E-state index is 0. The number of aryl methyl sites for hydroxylation is 3. The fourth-order valence-corrected chi connectivity index (χ4v) is 2.59. The van der Waals surface area contributed by atoms with Gasteiger partial charge in [0, 0.05) is 12.4 Å². The van der Waals surface area contributed by atoms with E-state index in [4.69, 9.17) is 0 Å². The van der Waals surface area contributed by atoms with Crippen LogP contribution in [0.1, 0.15) is 16.7 Å². The van der Waals surface area contributed by atoms with Crippen molar-refractivity contribution in [1.82, 2.24) is 20.1 Å². The Balaban J connectivity index is 0.000000187. The summed E-state index contributed by atoms with van der Waals surface area (Å²) in [7, 11) is 2.00. The number of aromatic nitrogens is 3. The fourth-order valence-electron chi connectivity index (χ4n) is 2.59. The summed E-state index contributed by atoms with van der Waals surface area (Å²) < 4.78 is 0. The van der Waals surface area contributed by atoms with Crippen LogP contribution in [0.5, 0.6) is 0 Å². The first kappa shape index (κ1) is 20.9. The first-order valence-corrected chi connectivity index (χ1v) is 8.43. The van der Waals surface area contributed by atoms with E-state index in [0.717, 1.165) is 22.6 Å². The molecule has 0 radical (unpaired) electrons. The second-order valence-electron chi connectivity index (χ2n) is 6.33. The average molecular weight is 537 g/mol. The molecule has 3 heterocycles. The Morgan fingerprint density at radius 1 is 1.07 bits per heavy atom. The van der Waals surface area contributed by atoms with Gasteiger partial charge in [0.2, 0.25) is 0 Å². The summed E-state index contributed by atoms with van der Waals surface area (Å²) in [6, 6.07) is 13.3. The van der Waals surface area contributed by atoms with E-state index in [9.17, 15) is 0 Å². The first-order valence-electron chi connectivity index (χ1n) is 8.43. The van der Waals surface area contributed by atoms with Crippen molar-refractivity contribution in [3.05, 3.63) is 84.6 Å². The number of pyridine rings is 1. The number of nitrogens with zero attached hydrogens (tertiary/aromatic N) is 5. The van der Waals surface area contributed by atoms with Gasteiger partial charge in [-0.3, -0.25) is 4.98 Å². The van der Waals surface area contributed by atoms with Crippen molar-refractivity contribution < 1.29 is 20.1 Å². The van der Waals surface area contributed by atoms with Crippen LogP contribution in [0.15, 0.2) is 55.1 Å². The predicted octanol–water partition coefficient (Wildman–Crippen LogP) is 3.85. The van der Waals surface area contributed by atoms with Crippen LogP contribution in [-0.4, -0.2) is 22.0 Å². The molecule has 4 rings (SSSR count). The largest absolute Gasteiger partial charge is 3.00 e. The summed E-state index contributed by atoms with van der Waals surface area (Å²) in [4.78, 5) is 8.37. The number of hydrogen-bond acceptors (Lipinski definition) is 4. The van der Waals surface area contributed by atoms with Crippen molar-refractivity contribution in [2.75, 3.05) is 11.9 Å². The summed E-state index contributed by atoms with van der Waals surface area (Å²) in [6.07, 6.45) is 7.54. The molecule has 0 unspecified atom stereocenters. The molecular formula is C21H22IrN5. The first-order chi connectivity index (χ1) is 12.5. The zero-order valence-corrected chi connectivity index (χ0v) is 18.2. The van der Waals surface area contributed by atoms with E-state index in [2.05, 4.69) is 46.4 Å². The van der Waals surface area contributed by atoms with Crippen LogP contribution in [0.2, 0.25) is 0 Å². The molecule has 0 fully saturated rings. The maximum atomic E-state index is 4.32. The molecule has 1 aliphatic heterocycles. The third kappa shape index (κ3) is 5.52. The summed E-state index contributed by atoms with van der Waals surface area (Å²) in [5.41, 5.74) is 6.38. The van der Waals surface area contributed by atoms with Gasteiger partial charge in [0.05, 0.1) is 5.69 Å². The van der Waals surface area contributed by atoms with Gasteiger partial charge in [0.1, 0.15) is 0 Å². The summed E-state index contributed by atoms with van der Waals surface area (Å²) in [5.74, 6) is 0. The quantitative estimate of drug-likeness (QED) is 0.466. The van der Waals surface area contributed by atoms with E-state index >= 15 is 0 Å². The average Bonchev–Trinajstić information content (AvgIpc) is 3.28. The van der Waals surface area contributed by atoms with Crippen LogP contribution in [0.25, 0.3) is 11.4 Å². The molecule has 2 aromatic heterocycles. The van der Waals surface area contributed by atoms with E-state index in [0.29, 0.717) is 0 Å². The molecule has 3 aromatic rings. The molecule has 140 valence electrons. The van der Waals surface area contributed by atoms with Crippen molar-refractivity contribution in [2.24, 2.45) is 0 Å². The topological polar surface area (TPSA) is 46.4 Å². The van der Waals surface area contributed by atoms with E-state index in [1.165, 1.54) is 11.1 Å². The molecule has 0 spiro atoms. The Morgan fingerprint density at radius 2 is 1.89 bits per heavy atom. The SMILES string of the molecule is Cc1c[c-]c(N2C=CN(C)[CH-]2)cc1.Cc1cnc(-c2ccn[n-]2)c(C)c1.[Ir+3]. The van der Waals surface area contributed by atoms with Crippen LogP contribution < -0.4 is 10.00 Å². The molecule has 0 saturated carbocycles. The minimum Gasteiger partial charge on any atom is -0.574 e. The van der Waals surface area contributed by atoms with Gasteiger partial charge in [-0.15, -0.1) is 11.8 Å². The van der Waals surface area contributed by atoms with Crippen molar-refractivity contribution in [2.45, 2.75) is 20.8 Å². The van der Waals surface area contributed by atoms with Gasteiger partial charge in [0.15, 0.2) is 0 Å². The molecule has 27 heavy (non-hydrogen) atoms. The smallest absolute Gasteiger partial charge is 0.574 e. The summed E-state index contributed by atoms with van der Waals surface area (Å²) in [6.45, 7) is 8.14. The third-order valence-electron chi connectivity index (χ3n) is 3.92. The molecule has 0 N–H and O–H groups in total. The second-order valence-corrected chi connectivity index (χ2v) is 6.33. The van der Waals surface area contributed by atoms with Gasteiger partial charge in [-0.05, 0) is 44.4 Å². The van der Waals surface area contributed by atoms with E-state index in [1.54, 1.807) is 6.20 Å². The fraction of sp³-hybridized carbons (Fsp3) is 0.190. The Bertz CT molecular complexity index is 872. The molecule has 0 atom stereocenters. The van der Waals surface area contributed by atoms with Crippen LogP contribution in [0.4, 0.5) is 5.69 Å². The number of hydrogen-bond donors (Lipinski definition) is 0. The van der Waals surface area contributed by atoms with E-state index < -0.39 is 0 Å². The minimum absolute atomic E-state index is 0. The molecule has 5 nitrogen and oxygen atoms in total. The van der Waals surface area contributed by atoms with E-state index in [-0.39, 0.29) is 20.1 Å². The third-order valence-corrected chi connectivity index (χ3v) is 3.92. The molecule has 0 amide bonds. The van der Waals surface area contributed by atoms with Gasteiger partial charge in [0.25, 0.3) is 0 Å².